The second kappa shape index (κ2) is 6.58. The van der Waals surface area contributed by atoms with Gasteiger partial charge in [0, 0.05) is 11.8 Å². The number of rotatable bonds is 3. The van der Waals surface area contributed by atoms with Crippen molar-refractivity contribution >= 4 is 0 Å². The van der Waals surface area contributed by atoms with Crippen LogP contribution in [-0.2, 0) is 6.61 Å². The molecule has 3 heteroatoms. The molecule has 0 radical (unpaired) electrons. The van der Waals surface area contributed by atoms with Gasteiger partial charge in [-0.25, -0.2) is 0 Å². The number of benzene rings is 1. The minimum atomic E-state index is 0.359. The highest BCUT2D eigenvalue weighted by Crippen LogP contribution is 2.15. The molecular weight excluding hydrogens is 236 g/mol. The first-order chi connectivity index (χ1) is 9.29. The van der Waals surface area contributed by atoms with Gasteiger partial charge in [0.05, 0.1) is 12.2 Å². The zero-order chi connectivity index (χ0) is 13.5. The Morgan fingerprint density at radius 3 is 2.95 bits per heavy atom. The second-order valence-corrected chi connectivity index (χ2v) is 4.09. The first kappa shape index (κ1) is 13.1. The summed E-state index contributed by atoms with van der Waals surface area (Å²) >= 11 is 0. The van der Waals surface area contributed by atoms with E-state index in [0.29, 0.717) is 13.2 Å². The molecule has 96 valence electrons. The number of hydrogen-bond donors (Lipinski definition) is 1. The van der Waals surface area contributed by atoms with Crippen LogP contribution in [0.25, 0.3) is 0 Å². The molecule has 0 aliphatic heterocycles. The molecule has 2 rings (SSSR count). The van der Waals surface area contributed by atoms with Gasteiger partial charge in [0.2, 0.25) is 0 Å². The molecule has 0 saturated heterocycles. The number of aryl methyl sites for hydroxylation is 1. The number of hydrogen-bond acceptors (Lipinski definition) is 3. The summed E-state index contributed by atoms with van der Waals surface area (Å²) in [4.78, 5) is 4.30. The van der Waals surface area contributed by atoms with Crippen LogP contribution in [0.5, 0.6) is 5.75 Å². The van der Waals surface area contributed by atoms with Crippen LogP contribution in [0, 0.1) is 18.8 Å². The molecule has 3 nitrogen and oxygen atoms in total. The molecule has 0 fully saturated rings. The van der Waals surface area contributed by atoms with E-state index in [1.165, 1.54) is 0 Å². The zero-order valence-corrected chi connectivity index (χ0v) is 10.9. The Labute approximate surface area is 113 Å². The quantitative estimate of drug-likeness (QED) is 0.852. The average Bonchev–Trinajstić information content (AvgIpc) is 2.45. The van der Waals surface area contributed by atoms with Crippen molar-refractivity contribution in [2.75, 3.05) is 6.54 Å². The first-order valence-electron chi connectivity index (χ1n) is 6.12. The first-order valence-corrected chi connectivity index (χ1v) is 6.12. The average molecular weight is 252 g/mol. The lowest BCUT2D eigenvalue weighted by molar-refractivity contribution is 0.300. The van der Waals surface area contributed by atoms with Crippen molar-refractivity contribution in [3.63, 3.8) is 0 Å². The topological polar surface area (TPSA) is 48.1 Å². The smallest absolute Gasteiger partial charge is 0.130 e. The Bertz CT molecular complexity index is 611. The molecule has 0 atom stereocenters. The van der Waals surface area contributed by atoms with Crippen LogP contribution in [0.2, 0.25) is 0 Å². The summed E-state index contributed by atoms with van der Waals surface area (Å²) in [5, 5.41) is 0. The van der Waals surface area contributed by atoms with E-state index in [-0.39, 0.29) is 0 Å². The van der Waals surface area contributed by atoms with Gasteiger partial charge in [-0.2, -0.15) is 0 Å². The van der Waals surface area contributed by atoms with E-state index in [0.717, 1.165) is 22.6 Å². The molecule has 0 amide bonds. The summed E-state index contributed by atoms with van der Waals surface area (Å²) in [6.45, 7) is 2.84. The van der Waals surface area contributed by atoms with Crippen molar-refractivity contribution < 1.29 is 4.74 Å². The molecule has 0 bridgehead atoms. The van der Waals surface area contributed by atoms with E-state index in [2.05, 4.69) is 16.8 Å². The lowest BCUT2D eigenvalue weighted by Gasteiger charge is -2.07. The maximum Gasteiger partial charge on any atom is 0.130 e. The Morgan fingerprint density at radius 2 is 2.16 bits per heavy atom. The standard InChI is InChI=1S/C16H16N2O/c1-13-5-4-10-18-16(13)12-19-15-8-2-6-14(11-15)7-3-9-17/h2,4-6,8,10-11H,9,12,17H2,1H3. The van der Waals surface area contributed by atoms with Crippen molar-refractivity contribution in [1.82, 2.24) is 4.98 Å². The van der Waals surface area contributed by atoms with Crippen LogP contribution in [0.3, 0.4) is 0 Å². The number of ether oxygens (including phenoxy) is 1. The Hall–Kier alpha value is -2.31. The fourth-order valence-electron chi connectivity index (χ4n) is 1.64. The molecule has 19 heavy (non-hydrogen) atoms. The molecule has 2 aromatic rings. The molecule has 0 aliphatic carbocycles. The van der Waals surface area contributed by atoms with E-state index in [4.69, 9.17) is 10.5 Å². The Balaban J connectivity index is 2.06. The van der Waals surface area contributed by atoms with Gasteiger partial charge in [-0.05, 0) is 36.8 Å². The molecule has 1 heterocycles. The fourth-order valence-corrected chi connectivity index (χ4v) is 1.64. The number of nitrogens with zero attached hydrogens (tertiary/aromatic N) is 1. The normalized spacial score (nSPS) is 9.58. The maximum absolute atomic E-state index is 5.73. The van der Waals surface area contributed by atoms with Gasteiger partial charge in [-0.15, -0.1) is 0 Å². The molecule has 0 saturated carbocycles. The molecule has 0 aliphatic rings. The highest BCUT2D eigenvalue weighted by molar-refractivity contribution is 5.40. The third kappa shape index (κ3) is 3.84. The van der Waals surface area contributed by atoms with E-state index in [1.807, 2.05) is 43.3 Å². The summed E-state index contributed by atoms with van der Waals surface area (Å²) < 4.78 is 5.73. The van der Waals surface area contributed by atoms with Crippen LogP contribution in [0.4, 0.5) is 0 Å². The van der Waals surface area contributed by atoms with Gasteiger partial charge in [-0.1, -0.05) is 24.0 Å². The van der Waals surface area contributed by atoms with Crippen molar-refractivity contribution in [3.05, 3.63) is 59.4 Å². The number of pyridine rings is 1. The highest BCUT2D eigenvalue weighted by atomic mass is 16.5. The minimum absolute atomic E-state index is 0.359. The molecule has 0 spiro atoms. The molecular formula is C16H16N2O. The van der Waals surface area contributed by atoms with E-state index < -0.39 is 0 Å². The zero-order valence-electron chi connectivity index (χ0n) is 10.9. The third-order valence-electron chi connectivity index (χ3n) is 2.66. The van der Waals surface area contributed by atoms with Gasteiger partial charge in [0.15, 0.2) is 0 Å². The van der Waals surface area contributed by atoms with Crippen molar-refractivity contribution in [2.45, 2.75) is 13.5 Å². The predicted octanol–water partition coefficient (Wildman–Crippen LogP) is 2.28. The van der Waals surface area contributed by atoms with Crippen LogP contribution in [0.15, 0.2) is 42.6 Å². The lowest BCUT2D eigenvalue weighted by atomic mass is 10.2. The summed E-state index contributed by atoms with van der Waals surface area (Å²) in [7, 11) is 0. The van der Waals surface area contributed by atoms with Gasteiger partial charge >= 0.3 is 0 Å². The van der Waals surface area contributed by atoms with Crippen LogP contribution in [0.1, 0.15) is 16.8 Å². The Kier molecular flexibility index (Phi) is 4.54. The summed E-state index contributed by atoms with van der Waals surface area (Å²) in [6.07, 6.45) is 1.77. The largest absolute Gasteiger partial charge is 0.487 e. The SMILES string of the molecule is Cc1cccnc1COc1cccc(C#CCN)c1. The van der Waals surface area contributed by atoms with E-state index >= 15 is 0 Å². The van der Waals surface area contributed by atoms with Gasteiger partial charge in [-0.3, -0.25) is 4.98 Å². The van der Waals surface area contributed by atoms with Crippen LogP contribution >= 0.6 is 0 Å². The van der Waals surface area contributed by atoms with Crippen LogP contribution in [-0.4, -0.2) is 11.5 Å². The van der Waals surface area contributed by atoms with E-state index in [1.54, 1.807) is 6.20 Å². The molecule has 1 aromatic heterocycles. The number of aromatic nitrogens is 1. The minimum Gasteiger partial charge on any atom is -0.487 e. The lowest BCUT2D eigenvalue weighted by Crippen LogP contribution is -2.00. The second-order valence-electron chi connectivity index (χ2n) is 4.09. The maximum atomic E-state index is 5.73. The summed E-state index contributed by atoms with van der Waals surface area (Å²) in [5.41, 5.74) is 8.33. The van der Waals surface area contributed by atoms with Crippen molar-refractivity contribution in [1.29, 1.82) is 0 Å². The van der Waals surface area contributed by atoms with Crippen molar-refractivity contribution in [2.24, 2.45) is 5.73 Å². The Morgan fingerprint density at radius 1 is 1.26 bits per heavy atom. The molecule has 1 aromatic carbocycles. The third-order valence-corrected chi connectivity index (χ3v) is 2.66. The summed E-state index contributed by atoms with van der Waals surface area (Å²) in [6, 6.07) is 11.6. The summed E-state index contributed by atoms with van der Waals surface area (Å²) in [5.74, 6) is 6.59. The monoisotopic (exact) mass is 252 g/mol. The van der Waals surface area contributed by atoms with E-state index in [9.17, 15) is 0 Å². The van der Waals surface area contributed by atoms with Crippen LogP contribution < -0.4 is 10.5 Å². The van der Waals surface area contributed by atoms with Gasteiger partial charge in [0.1, 0.15) is 12.4 Å². The number of nitrogens with two attached hydrogens (primary N) is 1. The van der Waals surface area contributed by atoms with Gasteiger partial charge in [0.25, 0.3) is 0 Å². The van der Waals surface area contributed by atoms with Gasteiger partial charge < -0.3 is 10.5 Å². The molecule has 2 N–H and O–H groups in total. The highest BCUT2D eigenvalue weighted by Gasteiger charge is 2.00. The predicted molar refractivity (Wildman–Crippen MR) is 75.7 cm³/mol. The fraction of sp³-hybridized carbons (Fsp3) is 0.188. The molecule has 0 unspecified atom stereocenters. The van der Waals surface area contributed by atoms with Crippen molar-refractivity contribution in [3.8, 4) is 17.6 Å².